The third-order valence-corrected chi connectivity index (χ3v) is 6.12. The molecular formula is C17H25N3O2S. The van der Waals surface area contributed by atoms with Crippen LogP contribution >= 0.6 is 11.3 Å². The maximum Gasteiger partial charge on any atom is 0.231 e. The van der Waals surface area contributed by atoms with Crippen molar-refractivity contribution in [3.8, 4) is 0 Å². The summed E-state index contributed by atoms with van der Waals surface area (Å²) >= 11 is 1.54. The van der Waals surface area contributed by atoms with E-state index in [1.165, 1.54) is 50.1 Å². The second-order valence-corrected chi connectivity index (χ2v) is 7.90. The highest BCUT2D eigenvalue weighted by atomic mass is 32.1. The topological polar surface area (TPSA) is 54.5 Å². The molecule has 126 valence electrons. The summed E-state index contributed by atoms with van der Waals surface area (Å²) in [6.07, 6.45) is 8.74. The summed E-state index contributed by atoms with van der Waals surface area (Å²) < 4.78 is 5.78. The Hall–Kier alpha value is -0.980. The zero-order valence-electron chi connectivity index (χ0n) is 13.5. The second kappa shape index (κ2) is 6.87. The highest BCUT2D eigenvalue weighted by Crippen LogP contribution is 2.39. The van der Waals surface area contributed by atoms with E-state index in [-0.39, 0.29) is 17.9 Å². The van der Waals surface area contributed by atoms with Crippen LogP contribution in [0.25, 0.3) is 0 Å². The van der Waals surface area contributed by atoms with Crippen LogP contribution in [0.15, 0.2) is 5.38 Å². The van der Waals surface area contributed by atoms with Gasteiger partial charge in [-0.1, -0.05) is 12.8 Å². The van der Waals surface area contributed by atoms with Crippen LogP contribution in [0.2, 0.25) is 0 Å². The molecule has 23 heavy (non-hydrogen) atoms. The number of nitrogens with zero attached hydrogens (tertiary/aromatic N) is 2. The van der Waals surface area contributed by atoms with Crippen LogP contribution in [0.5, 0.6) is 0 Å². The third kappa shape index (κ3) is 3.59. The highest BCUT2D eigenvalue weighted by Gasteiger charge is 2.44. The Bertz CT molecular complexity index is 554. The van der Waals surface area contributed by atoms with Gasteiger partial charge in [0.05, 0.1) is 23.8 Å². The predicted molar refractivity (Wildman–Crippen MR) is 90.5 cm³/mol. The van der Waals surface area contributed by atoms with Crippen LogP contribution in [0, 0.1) is 5.92 Å². The number of aromatic nitrogens is 1. The monoisotopic (exact) mass is 335 g/mol. The number of thiazole rings is 1. The normalized spacial score (nSPS) is 31.2. The molecule has 3 saturated heterocycles. The molecule has 1 aromatic heterocycles. The molecule has 3 atom stereocenters. The Morgan fingerprint density at radius 3 is 2.83 bits per heavy atom. The molecule has 4 heterocycles. The van der Waals surface area contributed by atoms with E-state index in [2.05, 4.69) is 20.6 Å². The molecule has 0 aromatic carbocycles. The molecule has 1 amide bonds. The zero-order valence-corrected chi connectivity index (χ0v) is 14.3. The summed E-state index contributed by atoms with van der Waals surface area (Å²) in [5, 5.41) is 5.83. The minimum absolute atomic E-state index is 0.0201. The molecule has 0 spiro atoms. The number of nitrogens with one attached hydrogen (secondary N) is 1. The molecule has 0 unspecified atom stereocenters. The van der Waals surface area contributed by atoms with E-state index >= 15 is 0 Å². The smallest absolute Gasteiger partial charge is 0.231 e. The van der Waals surface area contributed by atoms with Gasteiger partial charge in [0.25, 0.3) is 0 Å². The lowest BCUT2D eigenvalue weighted by atomic mass is 9.89. The van der Waals surface area contributed by atoms with Gasteiger partial charge in [-0.2, -0.15) is 0 Å². The van der Waals surface area contributed by atoms with E-state index in [0.717, 1.165) is 36.6 Å². The quantitative estimate of drug-likeness (QED) is 0.919. The molecule has 3 aliphatic rings. The molecule has 5 nitrogen and oxygen atoms in total. The maximum atomic E-state index is 12.4. The van der Waals surface area contributed by atoms with E-state index < -0.39 is 0 Å². The van der Waals surface area contributed by atoms with Crippen molar-refractivity contribution < 1.29 is 9.53 Å². The second-order valence-electron chi connectivity index (χ2n) is 7.04. The van der Waals surface area contributed by atoms with Crippen LogP contribution in [-0.4, -0.2) is 41.1 Å². The molecule has 2 bridgehead atoms. The van der Waals surface area contributed by atoms with Crippen LogP contribution < -0.4 is 5.32 Å². The van der Waals surface area contributed by atoms with Gasteiger partial charge in [0.2, 0.25) is 5.91 Å². The van der Waals surface area contributed by atoms with Crippen LogP contribution in [-0.2, 0) is 16.1 Å². The number of carbonyl (C=O) groups excluding carboxylic acids is 1. The minimum Gasteiger partial charge on any atom is -0.374 e. The van der Waals surface area contributed by atoms with Gasteiger partial charge in [-0.15, -0.1) is 11.3 Å². The van der Waals surface area contributed by atoms with Gasteiger partial charge >= 0.3 is 0 Å². The van der Waals surface area contributed by atoms with Crippen molar-refractivity contribution in [3.63, 3.8) is 0 Å². The van der Waals surface area contributed by atoms with Crippen LogP contribution in [0.4, 0.5) is 5.13 Å². The number of likely N-dealkylation sites (tertiary alicyclic amines) is 1. The van der Waals surface area contributed by atoms with Crippen LogP contribution in [0.3, 0.4) is 0 Å². The first-order chi connectivity index (χ1) is 11.3. The number of fused-ring (bicyclic) bond motifs is 2. The fraction of sp³-hybridized carbons (Fsp3) is 0.765. The van der Waals surface area contributed by atoms with E-state index in [0.29, 0.717) is 6.10 Å². The van der Waals surface area contributed by atoms with Crippen molar-refractivity contribution in [3.05, 3.63) is 11.1 Å². The van der Waals surface area contributed by atoms with Gasteiger partial charge in [-0.05, 0) is 45.2 Å². The van der Waals surface area contributed by atoms with Gasteiger partial charge < -0.3 is 10.1 Å². The molecule has 1 aromatic rings. The molecule has 0 saturated carbocycles. The van der Waals surface area contributed by atoms with E-state index in [1.54, 1.807) is 0 Å². The van der Waals surface area contributed by atoms with Crippen molar-refractivity contribution in [2.75, 3.05) is 18.4 Å². The standard InChI is InChI=1S/C17H25N3O2S/c21-16(14-9-13-5-6-15(14)22-13)19-17-18-12(11-23-17)10-20-7-3-1-2-4-8-20/h11,13-15H,1-10H2,(H,18,19,21)/t13-,14+,15-/m0/s1. The van der Waals surface area contributed by atoms with Gasteiger partial charge in [-0.25, -0.2) is 4.98 Å². The number of rotatable bonds is 4. The number of amides is 1. The third-order valence-electron chi connectivity index (χ3n) is 5.31. The zero-order chi connectivity index (χ0) is 15.6. The Kier molecular flexibility index (Phi) is 4.64. The first kappa shape index (κ1) is 15.5. The van der Waals surface area contributed by atoms with E-state index in [9.17, 15) is 4.79 Å². The fourth-order valence-electron chi connectivity index (χ4n) is 4.07. The summed E-state index contributed by atoms with van der Waals surface area (Å²) in [7, 11) is 0. The van der Waals surface area contributed by atoms with Crippen molar-refractivity contribution in [2.45, 2.75) is 63.7 Å². The van der Waals surface area contributed by atoms with Crippen LogP contribution in [0.1, 0.15) is 50.6 Å². The Labute approximate surface area is 141 Å². The Morgan fingerprint density at radius 1 is 1.30 bits per heavy atom. The lowest BCUT2D eigenvalue weighted by Crippen LogP contribution is -2.30. The molecule has 6 heteroatoms. The van der Waals surface area contributed by atoms with Gasteiger partial charge in [0.1, 0.15) is 0 Å². The number of carbonyl (C=O) groups is 1. The average molecular weight is 335 g/mol. The first-order valence-corrected chi connectivity index (χ1v) is 9.79. The SMILES string of the molecule is O=C(Nc1nc(CN2CCCCCC2)cs1)[C@@H]1C[C@@H]2CC[C@@H]1O2. The number of hydrogen-bond acceptors (Lipinski definition) is 5. The summed E-state index contributed by atoms with van der Waals surface area (Å²) in [5.74, 6) is 0.111. The molecule has 3 fully saturated rings. The molecule has 0 aliphatic carbocycles. The maximum absolute atomic E-state index is 12.4. The molecule has 0 radical (unpaired) electrons. The molecule has 4 rings (SSSR count). The van der Waals surface area contributed by atoms with Gasteiger partial charge in [-0.3, -0.25) is 9.69 Å². The number of hydrogen-bond donors (Lipinski definition) is 1. The average Bonchev–Trinajstić information content (AvgIpc) is 3.23. The molecular weight excluding hydrogens is 310 g/mol. The van der Waals surface area contributed by atoms with Crippen molar-refractivity contribution in [1.29, 1.82) is 0 Å². The minimum atomic E-state index is 0.0201. The number of ether oxygens (including phenoxy) is 1. The van der Waals surface area contributed by atoms with Crippen molar-refractivity contribution in [1.82, 2.24) is 9.88 Å². The van der Waals surface area contributed by atoms with E-state index in [4.69, 9.17) is 4.74 Å². The summed E-state index contributed by atoms with van der Waals surface area (Å²) in [4.78, 5) is 19.5. The van der Waals surface area contributed by atoms with Crippen molar-refractivity contribution >= 4 is 22.4 Å². The van der Waals surface area contributed by atoms with Gasteiger partial charge in [0, 0.05) is 11.9 Å². The summed E-state index contributed by atoms with van der Waals surface area (Å²) in [6, 6.07) is 0. The molecule has 3 aliphatic heterocycles. The highest BCUT2D eigenvalue weighted by molar-refractivity contribution is 7.13. The largest absolute Gasteiger partial charge is 0.374 e. The first-order valence-electron chi connectivity index (χ1n) is 8.91. The van der Waals surface area contributed by atoms with E-state index in [1.807, 2.05) is 0 Å². The lowest BCUT2D eigenvalue weighted by Gasteiger charge is -2.18. The Morgan fingerprint density at radius 2 is 2.13 bits per heavy atom. The van der Waals surface area contributed by atoms with Crippen molar-refractivity contribution in [2.24, 2.45) is 5.92 Å². The number of anilines is 1. The Balaban J connectivity index is 1.32. The predicted octanol–water partition coefficient (Wildman–Crippen LogP) is 3.03. The molecule has 1 N–H and O–H groups in total. The fourth-order valence-corrected chi connectivity index (χ4v) is 4.78. The summed E-state index contributed by atoms with van der Waals surface area (Å²) in [5.41, 5.74) is 1.08. The summed E-state index contributed by atoms with van der Waals surface area (Å²) in [6.45, 7) is 3.24. The lowest BCUT2D eigenvalue weighted by molar-refractivity contribution is -0.121. The van der Waals surface area contributed by atoms with Gasteiger partial charge in [0.15, 0.2) is 5.13 Å².